The molecule has 1 N–H and O–H groups in total. The molecule has 2 heterocycles. The normalized spacial score (nSPS) is 12.3. The van der Waals surface area contributed by atoms with E-state index < -0.39 is 0 Å². The Morgan fingerprint density at radius 3 is 2.95 bits per heavy atom. The molecule has 0 aliphatic rings. The van der Waals surface area contributed by atoms with Crippen molar-refractivity contribution >= 4 is 23.4 Å². The van der Waals surface area contributed by atoms with Crippen LogP contribution in [0, 0.1) is 0 Å². The Morgan fingerprint density at radius 1 is 1.32 bits per heavy atom. The fourth-order valence-corrected chi connectivity index (χ4v) is 2.26. The van der Waals surface area contributed by atoms with Gasteiger partial charge < -0.3 is 14.4 Å². The van der Waals surface area contributed by atoms with Gasteiger partial charge in [-0.15, -0.1) is 12.4 Å². The molecule has 0 radical (unpaired) electrons. The highest BCUT2D eigenvalue weighted by Gasteiger charge is 2.10. The second-order valence-corrected chi connectivity index (χ2v) is 5.17. The van der Waals surface area contributed by atoms with E-state index in [9.17, 15) is 0 Å². The largest absolute Gasteiger partial charge is 0.339 e. The van der Waals surface area contributed by atoms with Crippen LogP contribution in [0.2, 0.25) is 0 Å². The molecule has 118 valence electrons. The number of hydrogen-bond acceptors (Lipinski definition) is 5. The first-order valence-corrected chi connectivity index (χ1v) is 7.15. The summed E-state index contributed by atoms with van der Waals surface area (Å²) in [5, 5.41) is 7.18. The maximum Gasteiger partial charge on any atom is 0.228 e. The number of nitrogens with one attached hydrogen (secondary N) is 1. The van der Waals surface area contributed by atoms with E-state index in [1.807, 2.05) is 31.6 Å². The monoisotopic (exact) mass is 321 g/mol. The number of aryl methyl sites for hydroxylation is 2. The lowest BCUT2D eigenvalue weighted by molar-refractivity contribution is 0.365. The van der Waals surface area contributed by atoms with Crippen molar-refractivity contribution in [3.8, 4) is 0 Å². The lowest BCUT2D eigenvalue weighted by Crippen LogP contribution is -2.24. The first kappa shape index (κ1) is 16.5. The van der Waals surface area contributed by atoms with Crippen molar-refractivity contribution in [2.24, 2.45) is 0 Å². The third-order valence-electron chi connectivity index (χ3n) is 3.59. The SMILES string of the molecule is CNC(C)Cc1noc(CCn2cnc3ccccc32)n1.Cl. The van der Waals surface area contributed by atoms with Gasteiger partial charge in [0.1, 0.15) is 0 Å². The highest BCUT2D eigenvalue weighted by molar-refractivity contribution is 5.85. The van der Waals surface area contributed by atoms with Gasteiger partial charge in [0.2, 0.25) is 5.89 Å². The Bertz CT molecular complexity index is 723. The summed E-state index contributed by atoms with van der Waals surface area (Å²) < 4.78 is 7.40. The molecule has 6 nitrogen and oxygen atoms in total. The first-order valence-electron chi connectivity index (χ1n) is 7.15. The third kappa shape index (κ3) is 3.64. The van der Waals surface area contributed by atoms with Gasteiger partial charge in [-0.25, -0.2) is 4.98 Å². The van der Waals surface area contributed by atoms with Crippen LogP contribution < -0.4 is 5.32 Å². The molecule has 0 amide bonds. The Balaban J connectivity index is 0.00000176. The van der Waals surface area contributed by atoms with Gasteiger partial charge in [-0.3, -0.25) is 0 Å². The van der Waals surface area contributed by atoms with Crippen LogP contribution in [0.15, 0.2) is 35.1 Å². The van der Waals surface area contributed by atoms with Crippen molar-refractivity contribution in [1.29, 1.82) is 0 Å². The number of para-hydroxylation sites is 2. The van der Waals surface area contributed by atoms with Crippen molar-refractivity contribution in [3.05, 3.63) is 42.3 Å². The molecular weight excluding hydrogens is 302 g/mol. The van der Waals surface area contributed by atoms with Crippen LogP contribution in [-0.2, 0) is 19.4 Å². The molecule has 3 rings (SSSR count). The van der Waals surface area contributed by atoms with Crippen molar-refractivity contribution < 1.29 is 4.52 Å². The van der Waals surface area contributed by atoms with Crippen molar-refractivity contribution in [3.63, 3.8) is 0 Å². The fraction of sp³-hybridized carbons (Fsp3) is 0.400. The molecule has 7 heteroatoms. The lowest BCUT2D eigenvalue weighted by Gasteiger charge is -2.04. The number of likely N-dealkylation sites (N-methyl/N-ethyl adjacent to an activating group) is 1. The maximum atomic E-state index is 5.30. The zero-order valence-corrected chi connectivity index (χ0v) is 13.5. The van der Waals surface area contributed by atoms with Crippen LogP contribution in [0.3, 0.4) is 0 Å². The highest BCUT2D eigenvalue weighted by Crippen LogP contribution is 2.12. The van der Waals surface area contributed by atoms with Crippen LogP contribution in [0.1, 0.15) is 18.6 Å². The van der Waals surface area contributed by atoms with Gasteiger partial charge in [0.05, 0.1) is 17.4 Å². The molecule has 1 unspecified atom stereocenters. The van der Waals surface area contributed by atoms with Crippen LogP contribution in [-0.4, -0.2) is 32.8 Å². The van der Waals surface area contributed by atoms with Crippen LogP contribution in [0.25, 0.3) is 11.0 Å². The second kappa shape index (κ2) is 7.38. The van der Waals surface area contributed by atoms with E-state index in [1.54, 1.807) is 0 Å². The average molecular weight is 322 g/mol. The Morgan fingerprint density at radius 2 is 2.14 bits per heavy atom. The van der Waals surface area contributed by atoms with E-state index in [2.05, 4.69) is 38.0 Å². The zero-order chi connectivity index (χ0) is 14.7. The molecular formula is C15H20ClN5O. The van der Waals surface area contributed by atoms with E-state index >= 15 is 0 Å². The summed E-state index contributed by atoms with van der Waals surface area (Å²) in [6.45, 7) is 2.87. The summed E-state index contributed by atoms with van der Waals surface area (Å²) in [4.78, 5) is 8.80. The van der Waals surface area contributed by atoms with Gasteiger partial charge in [-0.2, -0.15) is 4.98 Å². The summed E-state index contributed by atoms with van der Waals surface area (Å²) in [6.07, 6.45) is 3.33. The second-order valence-electron chi connectivity index (χ2n) is 5.17. The minimum absolute atomic E-state index is 0. The van der Waals surface area contributed by atoms with Gasteiger partial charge in [-0.05, 0) is 26.1 Å². The Kier molecular flexibility index (Phi) is 5.51. The summed E-state index contributed by atoms with van der Waals surface area (Å²) in [5.41, 5.74) is 2.13. The standard InChI is InChI=1S/C15H19N5O.ClH/c1-11(16-2)9-14-18-15(21-19-14)7-8-20-10-17-12-5-3-4-6-13(12)20;/h3-6,10-11,16H,7-9H2,1-2H3;1H. The summed E-state index contributed by atoms with van der Waals surface area (Å²) in [6, 6.07) is 8.43. The molecule has 0 saturated carbocycles. The number of fused-ring (bicyclic) bond motifs is 1. The van der Waals surface area contributed by atoms with E-state index in [1.165, 1.54) is 0 Å². The first-order chi connectivity index (χ1) is 10.3. The molecule has 1 aromatic carbocycles. The minimum Gasteiger partial charge on any atom is -0.339 e. The number of aromatic nitrogens is 4. The smallest absolute Gasteiger partial charge is 0.228 e. The van der Waals surface area contributed by atoms with E-state index in [-0.39, 0.29) is 12.4 Å². The zero-order valence-electron chi connectivity index (χ0n) is 12.7. The molecule has 0 aliphatic heterocycles. The maximum absolute atomic E-state index is 5.30. The predicted molar refractivity (Wildman–Crippen MR) is 87.2 cm³/mol. The predicted octanol–water partition coefficient (Wildman–Crippen LogP) is 2.23. The summed E-state index contributed by atoms with van der Waals surface area (Å²) >= 11 is 0. The molecule has 22 heavy (non-hydrogen) atoms. The van der Waals surface area contributed by atoms with Crippen LogP contribution >= 0.6 is 12.4 Å². The van der Waals surface area contributed by atoms with E-state index in [0.29, 0.717) is 18.4 Å². The lowest BCUT2D eigenvalue weighted by atomic mass is 10.2. The molecule has 0 spiro atoms. The molecule has 0 saturated heterocycles. The van der Waals surface area contributed by atoms with E-state index in [0.717, 1.165) is 29.8 Å². The Labute approximate surface area is 135 Å². The topological polar surface area (TPSA) is 68.8 Å². The van der Waals surface area contributed by atoms with Gasteiger partial charge in [0.25, 0.3) is 0 Å². The molecule has 0 fully saturated rings. The van der Waals surface area contributed by atoms with Gasteiger partial charge in [0.15, 0.2) is 5.82 Å². The minimum atomic E-state index is 0. The number of hydrogen-bond donors (Lipinski definition) is 1. The molecule has 0 aliphatic carbocycles. The number of halogens is 1. The van der Waals surface area contributed by atoms with Gasteiger partial charge >= 0.3 is 0 Å². The van der Waals surface area contributed by atoms with Gasteiger partial charge in [0, 0.05) is 25.4 Å². The third-order valence-corrected chi connectivity index (χ3v) is 3.59. The quantitative estimate of drug-likeness (QED) is 0.754. The summed E-state index contributed by atoms with van der Waals surface area (Å²) in [7, 11) is 1.93. The van der Waals surface area contributed by atoms with Crippen molar-refractivity contribution in [2.75, 3.05) is 7.05 Å². The van der Waals surface area contributed by atoms with E-state index in [4.69, 9.17) is 4.52 Å². The number of imidazole rings is 1. The van der Waals surface area contributed by atoms with Crippen LogP contribution in [0.5, 0.6) is 0 Å². The Hall–Kier alpha value is -1.92. The van der Waals surface area contributed by atoms with Crippen molar-refractivity contribution in [2.45, 2.75) is 32.4 Å². The average Bonchev–Trinajstić information content (AvgIpc) is 3.11. The number of rotatable bonds is 6. The fourth-order valence-electron chi connectivity index (χ4n) is 2.26. The molecule has 2 aromatic heterocycles. The highest BCUT2D eigenvalue weighted by atomic mass is 35.5. The van der Waals surface area contributed by atoms with Crippen LogP contribution in [0.4, 0.5) is 0 Å². The molecule has 1 atom stereocenters. The molecule has 3 aromatic rings. The van der Waals surface area contributed by atoms with Gasteiger partial charge in [-0.1, -0.05) is 17.3 Å². The number of nitrogens with zero attached hydrogens (tertiary/aromatic N) is 4. The summed E-state index contributed by atoms with van der Waals surface area (Å²) in [5.74, 6) is 1.42. The molecule has 0 bridgehead atoms. The van der Waals surface area contributed by atoms with Crippen molar-refractivity contribution in [1.82, 2.24) is 25.0 Å². The number of benzene rings is 1.